The topological polar surface area (TPSA) is 61.2 Å². The lowest BCUT2D eigenvalue weighted by molar-refractivity contribution is 0.414. The van der Waals surface area contributed by atoms with Gasteiger partial charge in [-0.3, -0.25) is 0 Å². The summed E-state index contributed by atoms with van der Waals surface area (Å²) in [6, 6.07) is 6.91. The molecule has 5 nitrogen and oxygen atoms in total. The van der Waals surface area contributed by atoms with E-state index in [1.807, 2.05) is 0 Å². The average molecular weight is 335 g/mol. The Hall–Kier alpha value is -1.24. The van der Waals surface area contributed by atoms with Gasteiger partial charge in [0.05, 0.1) is 18.5 Å². The fraction of sp³-hybridized carbons (Fsp3) is 0.250. The first kappa shape index (κ1) is 15.2. The molecule has 0 bridgehead atoms. The quantitative estimate of drug-likeness (QED) is 0.806. The molecule has 0 fully saturated rings. The standard InChI is InChI=1S/C12H12Cl2N2O3S/c1-3-10-11(20(14,17)18)12(13)16(15-10)8-4-6-9(19-2)7-5-8/h4-7H,3H2,1-2H3. The van der Waals surface area contributed by atoms with E-state index in [4.69, 9.17) is 27.0 Å². The number of aromatic nitrogens is 2. The van der Waals surface area contributed by atoms with Crippen molar-refractivity contribution in [3.8, 4) is 11.4 Å². The van der Waals surface area contributed by atoms with Crippen LogP contribution in [0.2, 0.25) is 5.15 Å². The zero-order chi connectivity index (χ0) is 14.9. The summed E-state index contributed by atoms with van der Waals surface area (Å²) < 4.78 is 29.6. The minimum absolute atomic E-state index is 0.0259. The molecule has 0 saturated carbocycles. The molecule has 1 aromatic heterocycles. The van der Waals surface area contributed by atoms with Gasteiger partial charge >= 0.3 is 0 Å². The third-order valence-corrected chi connectivity index (χ3v) is 4.59. The van der Waals surface area contributed by atoms with E-state index in [2.05, 4.69) is 5.10 Å². The molecule has 0 radical (unpaired) electrons. The Kier molecular flexibility index (Phi) is 4.27. The fourth-order valence-corrected chi connectivity index (χ4v) is 3.70. The van der Waals surface area contributed by atoms with Crippen LogP contribution in [0.1, 0.15) is 12.6 Å². The SMILES string of the molecule is CCc1nn(-c2ccc(OC)cc2)c(Cl)c1S(=O)(=O)Cl. The minimum atomic E-state index is -3.94. The predicted octanol–water partition coefficient (Wildman–Crippen LogP) is 3.02. The molecule has 0 aliphatic rings. The number of benzene rings is 1. The van der Waals surface area contributed by atoms with Gasteiger partial charge in [0.25, 0.3) is 9.05 Å². The number of rotatable bonds is 4. The van der Waals surface area contributed by atoms with Crippen molar-refractivity contribution in [3.05, 3.63) is 35.1 Å². The van der Waals surface area contributed by atoms with Crippen molar-refractivity contribution in [1.29, 1.82) is 0 Å². The van der Waals surface area contributed by atoms with Crippen LogP contribution in [-0.2, 0) is 15.5 Å². The first-order chi connectivity index (χ1) is 9.38. The van der Waals surface area contributed by atoms with Gasteiger partial charge in [-0.15, -0.1) is 0 Å². The van der Waals surface area contributed by atoms with Crippen molar-refractivity contribution in [2.75, 3.05) is 7.11 Å². The summed E-state index contributed by atoms with van der Waals surface area (Å²) in [6.45, 7) is 1.78. The molecule has 1 aromatic carbocycles. The first-order valence-corrected chi connectivity index (χ1v) is 8.43. The Morgan fingerprint density at radius 2 is 1.90 bits per heavy atom. The maximum absolute atomic E-state index is 11.6. The molecule has 0 unspecified atom stereocenters. The number of methoxy groups -OCH3 is 1. The van der Waals surface area contributed by atoms with Crippen LogP contribution in [0.5, 0.6) is 5.75 Å². The monoisotopic (exact) mass is 334 g/mol. The second-order valence-electron chi connectivity index (χ2n) is 3.97. The normalized spacial score (nSPS) is 11.6. The van der Waals surface area contributed by atoms with Gasteiger partial charge in [-0.05, 0) is 30.7 Å². The lowest BCUT2D eigenvalue weighted by Gasteiger charge is -2.04. The smallest absolute Gasteiger partial charge is 0.266 e. The molecule has 0 aliphatic carbocycles. The van der Waals surface area contributed by atoms with Crippen LogP contribution in [0, 0.1) is 0 Å². The van der Waals surface area contributed by atoms with Crippen molar-refractivity contribution in [2.24, 2.45) is 0 Å². The van der Waals surface area contributed by atoms with E-state index in [0.717, 1.165) is 0 Å². The summed E-state index contributed by atoms with van der Waals surface area (Å²) >= 11 is 6.11. The molecular weight excluding hydrogens is 323 g/mol. The Morgan fingerprint density at radius 1 is 1.30 bits per heavy atom. The van der Waals surface area contributed by atoms with Gasteiger partial charge < -0.3 is 4.74 Å². The van der Waals surface area contributed by atoms with Crippen LogP contribution in [-0.4, -0.2) is 25.3 Å². The largest absolute Gasteiger partial charge is 0.497 e. The number of nitrogens with zero attached hydrogens (tertiary/aromatic N) is 2. The van der Waals surface area contributed by atoms with Gasteiger partial charge in [0.15, 0.2) is 5.15 Å². The molecule has 20 heavy (non-hydrogen) atoms. The Balaban J connectivity index is 2.60. The van der Waals surface area contributed by atoms with Crippen molar-refractivity contribution in [3.63, 3.8) is 0 Å². The molecule has 0 N–H and O–H groups in total. The van der Waals surface area contributed by atoms with Gasteiger partial charge in [-0.25, -0.2) is 13.1 Å². The van der Waals surface area contributed by atoms with Crippen molar-refractivity contribution < 1.29 is 13.2 Å². The van der Waals surface area contributed by atoms with E-state index in [1.54, 1.807) is 38.3 Å². The van der Waals surface area contributed by atoms with Gasteiger partial charge in [0.1, 0.15) is 10.6 Å². The lowest BCUT2D eigenvalue weighted by atomic mass is 10.3. The van der Waals surface area contributed by atoms with Crippen LogP contribution >= 0.6 is 22.3 Å². The molecule has 2 aromatic rings. The van der Waals surface area contributed by atoms with Crippen molar-refractivity contribution >= 4 is 31.3 Å². The Labute approximate surface area is 126 Å². The van der Waals surface area contributed by atoms with Crippen molar-refractivity contribution in [2.45, 2.75) is 18.2 Å². The maximum Gasteiger partial charge on any atom is 0.266 e. The molecule has 0 aliphatic heterocycles. The summed E-state index contributed by atoms with van der Waals surface area (Å²) in [5.74, 6) is 0.679. The van der Waals surface area contributed by atoms with Crippen LogP contribution in [0.15, 0.2) is 29.2 Å². The zero-order valence-corrected chi connectivity index (χ0v) is 13.1. The van der Waals surface area contributed by atoms with Crippen LogP contribution < -0.4 is 4.74 Å². The van der Waals surface area contributed by atoms with Crippen LogP contribution in [0.4, 0.5) is 0 Å². The first-order valence-electron chi connectivity index (χ1n) is 5.75. The Morgan fingerprint density at radius 3 is 2.30 bits per heavy atom. The van der Waals surface area contributed by atoms with E-state index < -0.39 is 9.05 Å². The molecule has 1 heterocycles. The van der Waals surface area contributed by atoms with Crippen molar-refractivity contribution in [1.82, 2.24) is 9.78 Å². The molecule has 0 atom stereocenters. The van der Waals surface area contributed by atoms with E-state index >= 15 is 0 Å². The van der Waals surface area contributed by atoms with E-state index in [-0.39, 0.29) is 10.0 Å². The third-order valence-electron chi connectivity index (χ3n) is 2.75. The second kappa shape index (κ2) is 5.63. The number of halogens is 2. The summed E-state index contributed by atoms with van der Waals surface area (Å²) in [6.07, 6.45) is 0.407. The average Bonchev–Trinajstić information content (AvgIpc) is 2.75. The van der Waals surface area contributed by atoms with E-state index in [0.29, 0.717) is 23.6 Å². The summed E-state index contributed by atoms with van der Waals surface area (Å²) in [5.41, 5.74) is 0.956. The molecular formula is C12H12Cl2N2O3S. The number of hydrogen-bond donors (Lipinski definition) is 0. The highest BCUT2D eigenvalue weighted by Gasteiger charge is 2.26. The van der Waals surface area contributed by atoms with E-state index in [1.165, 1.54) is 4.68 Å². The van der Waals surface area contributed by atoms with Gasteiger partial charge in [0.2, 0.25) is 0 Å². The lowest BCUT2D eigenvalue weighted by Crippen LogP contribution is -1.97. The molecule has 0 saturated heterocycles. The third kappa shape index (κ3) is 2.77. The zero-order valence-electron chi connectivity index (χ0n) is 10.8. The van der Waals surface area contributed by atoms with Gasteiger partial charge in [-0.2, -0.15) is 5.10 Å². The summed E-state index contributed by atoms with van der Waals surface area (Å²) in [5, 5.41) is 4.17. The molecule has 2 rings (SSSR count). The number of ether oxygens (including phenoxy) is 1. The molecule has 0 spiro atoms. The minimum Gasteiger partial charge on any atom is -0.497 e. The highest BCUT2D eigenvalue weighted by Crippen LogP contribution is 2.31. The number of aryl methyl sites for hydroxylation is 1. The van der Waals surface area contributed by atoms with Crippen LogP contribution in [0.3, 0.4) is 0 Å². The molecule has 108 valence electrons. The second-order valence-corrected chi connectivity index (χ2v) is 6.83. The fourth-order valence-electron chi connectivity index (χ4n) is 1.79. The number of hydrogen-bond acceptors (Lipinski definition) is 4. The highest BCUT2D eigenvalue weighted by atomic mass is 35.7. The summed E-state index contributed by atoms with van der Waals surface area (Å²) in [7, 11) is 3.03. The predicted molar refractivity (Wildman–Crippen MR) is 77.5 cm³/mol. The Bertz CT molecular complexity index is 724. The van der Waals surface area contributed by atoms with Crippen LogP contribution in [0.25, 0.3) is 5.69 Å². The van der Waals surface area contributed by atoms with Gasteiger partial charge in [0, 0.05) is 10.7 Å². The van der Waals surface area contributed by atoms with E-state index in [9.17, 15) is 8.42 Å². The van der Waals surface area contributed by atoms with Gasteiger partial charge in [-0.1, -0.05) is 18.5 Å². The highest BCUT2D eigenvalue weighted by molar-refractivity contribution is 8.13. The molecule has 8 heteroatoms. The molecule has 0 amide bonds. The maximum atomic E-state index is 11.6. The summed E-state index contributed by atoms with van der Waals surface area (Å²) in [4.78, 5) is -0.140.